The van der Waals surface area contributed by atoms with Crippen LogP contribution in [-0.2, 0) is 6.54 Å². The molecule has 0 saturated carbocycles. The summed E-state index contributed by atoms with van der Waals surface area (Å²) in [7, 11) is 4.83. The number of hydrogen-bond donors (Lipinski definition) is 1. The molecule has 1 N–H and O–H groups in total. The first kappa shape index (κ1) is 20.3. The Bertz CT molecular complexity index is 1010. The Balaban J connectivity index is 1.90. The van der Waals surface area contributed by atoms with Gasteiger partial charge in [0.05, 0.1) is 13.7 Å². The van der Waals surface area contributed by atoms with E-state index in [9.17, 15) is 9.18 Å². The fraction of sp³-hybridized carbons (Fsp3) is 0.368. The summed E-state index contributed by atoms with van der Waals surface area (Å²) in [6.07, 6.45) is 0. The van der Waals surface area contributed by atoms with Crippen molar-refractivity contribution in [2.75, 3.05) is 26.1 Å². The Labute approximate surface area is 166 Å². The third kappa shape index (κ3) is 4.20. The van der Waals surface area contributed by atoms with Crippen molar-refractivity contribution in [3.63, 3.8) is 0 Å². The van der Waals surface area contributed by atoms with Crippen LogP contribution in [0.5, 0.6) is 5.75 Å². The van der Waals surface area contributed by atoms with Crippen LogP contribution >= 0.6 is 0 Å². The molecule has 1 amide bonds. The number of hydrogen-bond acceptors (Lipinski definition) is 8. The van der Waals surface area contributed by atoms with E-state index in [-0.39, 0.29) is 29.5 Å². The maximum atomic E-state index is 13.8. The maximum Gasteiger partial charge on any atom is 0.259 e. The molecule has 0 saturated heterocycles. The number of ether oxygens (including phenoxy) is 1. The number of rotatable bonds is 7. The summed E-state index contributed by atoms with van der Waals surface area (Å²) in [5.74, 6) is 0.534. The zero-order valence-corrected chi connectivity index (χ0v) is 16.8. The van der Waals surface area contributed by atoms with E-state index in [2.05, 4.69) is 20.6 Å². The lowest BCUT2D eigenvalue weighted by atomic mass is 10.1. The second kappa shape index (κ2) is 8.29. The third-order valence-electron chi connectivity index (χ3n) is 4.12. The van der Waals surface area contributed by atoms with E-state index in [1.165, 1.54) is 25.3 Å². The summed E-state index contributed by atoms with van der Waals surface area (Å²) in [6, 6.07) is 4.17. The van der Waals surface area contributed by atoms with E-state index in [0.717, 1.165) is 0 Å². The number of methoxy groups -OCH3 is 1. The molecule has 10 heteroatoms. The molecule has 0 atom stereocenters. The van der Waals surface area contributed by atoms with E-state index in [1.807, 2.05) is 13.8 Å². The highest BCUT2D eigenvalue weighted by Crippen LogP contribution is 2.33. The molecule has 0 aliphatic carbocycles. The molecule has 3 aromatic rings. The minimum atomic E-state index is -0.521. The lowest BCUT2D eigenvalue weighted by Gasteiger charge is -2.11. The van der Waals surface area contributed by atoms with Crippen LogP contribution in [-0.4, -0.2) is 42.4 Å². The summed E-state index contributed by atoms with van der Waals surface area (Å²) in [4.78, 5) is 18.8. The minimum absolute atomic E-state index is 0.0321. The average Bonchev–Trinajstić information content (AvgIpc) is 3.34. The topological polar surface area (TPSA) is 107 Å². The number of anilines is 1. The quantitative estimate of drug-likeness (QED) is 0.642. The molecule has 0 aliphatic rings. The lowest BCUT2D eigenvalue weighted by Crippen LogP contribution is -2.26. The monoisotopic (exact) mass is 403 g/mol. The first-order chi connectivity index (χ1) is 13.8. The van der Waals surface area contributed by atoms with Gasteiger partial charge in [0.25, 0.3) is 5.91 Å². The van der Waals surface area contributed by atoms with Gasteiger partial charge in [0.1, 0.15) is 5.56 Å². The fourth-order valence-corrected chi connectivity index (χ4v) is 2.61. The number of nitrogens with one attached hydrogen (secondary N) is 1. The molecule has 9 nitrogen and oxygen atoms in total. The number of carbonyl (C=O) groups excluding carboxylic acids is 1. The van der Waals surface area contributed by atoms with Crippen molar-refractivity contribution in [2.45, 2.75) is 26.3 Å². The Hall–Kier alpha value is -3.43. The molecule has 0 fully saturated rings. The minimum Gasteiger partial charge on any atom is -0.494 e. The summed E-state index contributed by atoms with van der Waals surface area (Å²) in [5, 5.41) is 10.6. The summed E-state index contributed by atoms with van der Waals surface area (Å²) in [6.45, 7) is 3.93. The molecule has 2 aromatic heterocycles. The van der Waals surface area contributed by atoms with E-state index in [1.54, 1.807) is 19.0 Å². The predicted octanol–water partition coefficient (Wildman–Crippen LogP) is 2.99. The molecule has 154 valence electrons. The first-order valence-corrected chi connectivity index (χ1v) is 8.93. The number of nitrogens with zero attached hydrogens (tertiary/aromatic N) is 4. The van der Waals surface area contributed by atoms with Gasteiger partial charge in [-0.1, -0.05) is 24.2 Å². The smallest absolute Gasteiger partial charge is 0.259 e. The summed E-state index contributed by atoms with van der Waals surface area (Å²) in [5.41, 5.74) is 0.659. The highest BCUT2D eigenvalue weighted by atomic mass is 19.1. The Kier molecular flexibility index (Phi) is 5.81. The highest BCUT2D eigenvalue weighted by molar-refractivity contribution is 6.04. The summed E-state index contributed by atoms with van der Waals surface area (Å²) < 4.78 is 29.3. The molecule has 0 radical (unpaired) electrons. The first-order valence-electron chi connectivity index (χ1n) is 8.93. The van der Waals surface area contributed by atoms with Crippen molar-refractivity contribution in [1.82, 2.24) is 20.6 Å². The normalized spacial score (nSPS) is 11.0. The Morgan fingerprint density at radius 3 is 2.66 bits per heavy atom. The van der Waals surface area contributed by atoms with Crippen LogP contribution in [0.25, 0.3) is 11.3 Å². The van der Waals surface area contributed by atoms with Crippen LogP contribution in [0, 0.1) is 5.82 Å². The Morgan fingerprint density at radius 1 is 1.28 bits per heavy atom. The zero-order valence-electron chi connectivity index (χ0n) is 16.8. The highest BCUT2D eigenvalue weighted by Gasteiger charge is 2.26. The average molecular weight is 403 g/mol. The van der Waals surface area contributed by atoms with E-state index in [0.29, 0.717) is 23.1 Å². The van der Waals surface area contributed by atoms with Crippen LogP contribution in [0.4, 0.5) is 10.2 Å². The van der Waals surface area contributed by atoms with Gasteiger partial charge in [0.2, 0.25) is 5.89 Å². The van der Waals surface area contributed by atoms with Crippen LogP contribution in [0.15, 0.2) is 27.2 Å². The van der Waals surface area contributed by atoms with Crippen LogP contribution in [0.3, 0.4) is 0 Å². The second-order valence-corrected chi connectivity index (χ2v) is 6.84. The van der Waals surface area contributed by atoms with Gasteiger partial charge in [0, 0.05) is 25.6 Å². The predicted molar refractivity (Wildman–Crippen MR) is 102 cm³/mol. The van der Waals surface area contributed by atoms with Gasteiger partial charge in [-0.15, -0.1) is 0 Å². The maximum absolute atomic E-state index is 13.8. The molecule has 29 heavy (non-hydrogen) atoms. The van der Waals surface area contributed by atoms with Gasteiger partial charge in [-0.05, 0) is 18.2 Å². The number of amides is 1. The number of halogens is 1. The van der Waals surface area contributed by atoms with Crippen molar-refractivity contribution >= 4 is 11.7 Å². The van der Waals surface area contributed by atoms with Gasteiger partial charge in [-0.25, -0.2) is 4.39 Å². The molecule has 1 aromatic carbocycles. The van der Waals surface area contributed by atoms with E-state index >= 15 is 0 Å². The van der Waals surface area contributed by atoms with Crippen molar-refractivity contribution < 1.29 is 23.0 Å². The Morgan fingerprint density at radius 2 is 2.03 bits per heavy atom. The van der Waals surface area contributed by atoms with Crippen LogP contribution in [0.2, 0.25) is 0 Å². The van der Waals surface area contributed by atoms with E-state index in [4.69, 9.17) is 13.8 Å². The molecule has 0 bridgehead atoms. The number of carbonyl (C=O) groups is 1. The summed E-state index contributed by atoms with van der Waals surface area (Å²) >= 11 is 0. The largest absolute Gasteiger partial charge is 0.494 e. The SMILES string of the molecule is COc1cc(-c2onc(N(C)C)c2C(=O)NCc2noc(C(C)C)n2)ccc1F. The van der Waals surface area contributed by atoms with Gasteiger partial charge in [0.15, 0.2) is 29.0 Å². The fourth-order valence-electron chi connectivity index (χ4n) is 2.61. The van der Waals surface area contributed by atoms with Gasteiger partial charge >= 0.3 is 0 Å². The number of aromatic nitrogens is 3. The molecular formula is C19H22FN5O4. The standard InChI is InChI=1S/C19H22FN5O4/c1-10(2)19-22-14(23-29-19)9-21-18(26)15-16(28-24-17(15)25(3)4)11-6-7-12(20)13(8-11)27-5/h6-8,10H,9H2,1-5H3,(H,21,26). The van der Waals surface area contributed by atoms with Gasteiger partial charge in [-0.3, -0.25) is 4.79 Å². The molecule has 3 rings (SSSR count). The molecule has 0 spiro atoms. The van der Waals surface area contributed by atoms with Crippen molar-refractivity contribution in [3.8, 4) is 17.1 Å². The molecule has 0 aliphatic heterocycles. The lowest BCUT2D eigenvalue weighted by molar-refractivity contribution is 0.0950. The van der Waals surface area contributed by atoms with Crippen LogP contribution < -0.4 is 15.0 Å². The van der Waals surface area contributed by atoms with E-state index < -0.39 is 11.7 Å². The van der Waals surface area contributed by atoms with Gasteiger partial charge in [-0.2, -0.15) is 4.98 Å². The molecule has 2 heterocycles. The van der Waals surface area contributed by atoms with Crippen LogP contribution in [0.1, 0.15) is 41.8 Å². The van der Waals surface area contributed by atoms with Crippen molar-refractivity contribution in [3.05, 3.63) is 41.3 Å². The second-order valence-electron chi connectivity index (χ2n) is 6.84. The third-order valence-corrected chi connectivity index (χ3v) is 4.12. The number of benzene rings is 1. The molecular weight excluding hydrogens is 381 g/mol. The van der Waals surface area contributed by atoms with Crippen molar-refractivity contribution in [1.29, 1.82) is 0 Å². The van der Waals surface area contributed by atoms with Crippen molar-refractivity contribution in [2.24, 2.45) is 0 Å². The molecule has 0 unspecified atom stereocenters. The van der Waals surface area contributed by atoms with Gasteiger partial charge < -0.3 is 24.0 Å². The zero-order chi connectivity index (χ0) is 21.1.